The summed E-state index contributed by atoms with van der Waals surface area (Å²) < 4.78 is 38.8. The minimum absolute atomic E-state index is 0.112. The zero-order valence-corrected chi connectivity index (χ0v) is 13.3. The van der Waals surface area contributed by atoms with Crippen molar-refractivity contribution in [2.24, 2.45) is 0 Å². The molecule has 2 aromatic carbocycles. The van der Waals surface area contributed by atoms with Gasteiger partial charge in [0.15, 0.2) is 0 Å². The Morgan fingerprint density at radius 1 is 1.18 bits per heavy atom. The van der Waals surface area contributed by atoms with Crippen molar-refractivity contribution in [1.29, 1.82) is 0 Å². The molecular formula is C16H13BrF3NO. The third-order valence-corrected chi connectivity index (χ3v) is 3.57. The molecule has 0 bridgehead atoms. The summed E-state index contributed by atoms with van der Waals surface area (Å²) in [5, 5.41) is 2.70. The molecule has 0 heterocycles. The Kier molecular flexibility index (Phi) is 4.90. The van der Waals surface area contributed by atoms with Crippen molar-refractivity contribution in [2.45, 2.75) is 19.5 Å². The monoisotopic (exact) mass is 371 g/mol. The van der Waals surface area contributed by atoms with Gasteiger partial charge in [-0.3, -0.25) is 4.79 Å². The van der Waals surface area contributed by atoms with Gasteiger partial charge in [-0.25, -0.2) is 0 Å². The number of alkyl halides is 3. The largest absolute Gasteiger partial charge is 0.416 e. The molecule has 0 aliphatic carbocycles. The Hall–Kier alpha value is -1.82. The molecule has 1 N–H and O–H groups in total. The third kappa shape index (κ3) is 4.34. The number of benzene rings is 2. The average molecular weight is 372 g/mol. The average Bonchev–Trinajstić information content (AvgIpc) is 2.41. The van der Waals surface area contributed by atoms with Crippen LogP contribution in [0.25, 0.3) is 0 Å². The molecular weight excluding hydrogens is 359 g/mol. The van der Waals surface area contributed by atoms with Crippen LogP contribution in [0.2, 0.25) is 0 Å². The van der Waals surface area contributed by atoms with Crippen molar-refractivity contribution in [3.05, 3.63) is 63.6 Å². The van der Waals surface area contributed by atoms with E-state index in [1.165, 1.54) is 12.1 Å². The van der Waals surface area contributed by atoms with Gasteiger partial charge in [0, 0.05) is 10.2 Å². The molecule has 0 atom stereocenters. The molecule has 0 aliphatic heterocycles. The molecule has 22 heavy (non-hydrogen) atoms. The van der Waals surface area contributed by atoms with Crippen LogP contribution >= 0.6 is 15.9 Å². The van der Waals surface area contributed by atoms with Gasteiger partial charge in [0.25, 0.3) is 0 Å². The van der Waals surface area contributed by atoms with Crippen molar-refractivity contribution in [1.82, 2.24) is 0 Å². The lowest BCUT2D eigenvalue weighted by atomic mass is 10.1. The van der Waals surface area contributed by atoms with Gasteiger partial charge in [-0.15, -0.1) is 0 Å². The van der Waals surface area contributed by atoms with Gasteiger partial charge in [-0.1, -0.05) is 34.1 Å². The Morgan fingerprint density at radius 2 is 1.91 bits per heavy atom. The van der Waals surface area contributed by atoms with Crippen molar-refractivity contribution in [2.75, 3.05) is 5.32 Å². The topological polar surface area (TPSA) is 29.1 Å². The van der Waals surface area contributed by atoms with Gasteiger partial charge in [0.05, 0.1) is 12.0 Å². The van der Waals surface area contributed by atoms with Gasteiger partial charge in [0.2, 0.25) is 5.91 Å². The van der Waals surface area contributed by atoms with E-state index in [4.69, 9.17) is 0 Å². The zero-order chi connectivity index (χ0) is 16.3. The van der Waals surface area contributed by atoms with Gasteiger partial charge in [-0.05, 0) is 42.3 Å². The maximum atomic E-state index is 12.6. The van der Waals surface area contributed by atoms with Crippen LogP contribution in [0.1, 0.15) is 16.7 Å². The highest BCUT2D eigenvalue weighted by molar-refractivity contribution is 9.10. The number of halogens is 4. The highest BCUT2D eigenvalue weighted by atomic mass is 79.9. The van der Waals surface area contributed by atoms with Gasteiger partial charge in [0.1, 0.15) is 0 Å². The Labute approximate surface area is 134 Å². The lowest BCUT2D eigenvalue weighted by molar-refractivity contribution is -0.137. The summed E-state index contributed by atoms with van der Waals surface area (Å²) >= 11 is 3.32. The van der Waals surface area contributed by atoms with E-state index in [0.717, 1.165) is 22.2 Å². The number of rotatable bonds is 3. The molecule has 1 amide bonds. The molecule has 6 heteroatoms. The molecule has 0 spiro atoms. The zero-order valence-electron chi connectivity index (χ0n) is 11.7. The first-order valence-corrected chi connectivity index (χ1v) is 7.27. The number of carbonyl (C=O) groups is 1. The van der Waals surface area contributed by atoms with E-state index in [0.29, 0.717) is 11.3 Å². The van der Waals surface area contributed by atoms with Crippen molar-refractivity contribution in [3.8, 4) is 0 Å². The van der Waals surface area contributed by atoms with E-state index in [-0.39, 0.29) is 12.3 Å². The first kappa shape index (κ1) is 16.5. The maximum Gasteiger partial charge on any atom is 0.416 e. The molecule has 2 aromatic rings. The predicted octanol–water partition coefficient (Wildman–Crippen LogP) is 4.96. The van der Waals surface area contributed by atoms with E-state index in [9.17, 15) is 18.0 Å². The lowest BCUT2D eigenvalue weighted by Gasteiger charge is -2.10. The van der Waals surface area contributed by atoms with Gasteiger partial charge in [-0.2, -0.15) is 13.2 Å². The molecule has 0 fully saturated rings. The fraction of sp³-hybridized carbons (Fsp3) is 0.188. The number of hydrogen-bond donors (Lipinski definition) is 1. The first-order valence-electron chi connectivity index (χ1n) is 6.48. The molecule has 0 radical (unpaired) electrons. The second-order valence-electron chi connectivity index (χ2n) is 4.88. The van der Waals surface area contributed by atoms with Crippen LogP contribution in [-0.4, -0.2) is 5.91 Å². The predicted molar refractivity (Wildman–Crippen MR) is 82.7 cm³/mol. The molecule has 0 aliphatic rings. The van der Waals surface area contributed by atoms with E-state index < -0.39 is 11.7 Å². The van der Waals surface area contributed by atoms with Crippen LogP contribution in [-0.2, 0) is 17.4 Å². The SMILES string of the molecule is Cc1cc(Br)ccc1NC(=O)Cc1cccc(C(F)(F)F)c1. The second kappa shape index (κ2) is 6.52. The normalized spacial score (nSPS) is 11.3. The van der Waals surface area contributed by atoms with Crippen molar-refractivity contribution in [3.63, 3.8) is 0 Å². The van der Waals surface area contributed by atoms with Crippen molar-refractivity contribution < 1.29 is 18.0 Å². The summed E-state index contributed by atoms with van der Waals surface area (Å²) in [6, 6.07) is 10.2. The number of aryl methyl sites for hydroxylation is 1. The number of amides is 1. The minimum atomic E-state index is -4.41. The minimum Gasteiger partial charge on any atom is -0.326 e. The third-order valence-electron chi connectivity index (χ3n) is 3.08. The fourth-order valence-corrected chi connectivity index (χ4v) is 2.48. The summed E-state index contributed by atoms with van der Waals surface area (Å²) in [5.41, 5.74) is 1.08. The smallest absolute Gasteiger partial charge is 0.326 e. The molecule has 0 unspecified atom stereocenters. The standard InChI is InChI=1S/C16H13BrF3NO/c1-10-7-13(17)5-6-14(10)21-15(22)9-11-3-2-4-12(8-11)16(18,19)20/h2-8H,9H2,1H3,(H,21,22). The quantitative estimate of drug-likeness (QED) is 0.811. The second-order valence-corrected chi connectivity index (χ2v) is 5.80. The molecule has 0 saturated heterocycles. The summed E-state index contributed by atoms with van der Waals surface area (Å²) in [6.07, 6.45) is -4.52. The van der Waals surface area contributed by atoms with Gasteiger partial charge >= 0.3 is 6.18 Å². The van der Waals surface area contributed by atoms with Crippen LogP contribution in [0.4, 0.5) is 18.9 Å². The number of anilines is 1. The number of nitrogens with one attached hydrogen (secondary N) is 1. The Balaban J connectivity index is 2.09. The van der Waals surface area contributed by atoms with Gasteiger partial charge < -0.3 is 5.32 Å². The maximum absolute atomic E-state index is 12.6. The summed E-state index contributed by atoms with van der Waals surface area (Å²) in [4.78, 5) is 12.0. The molecule has 116 valence electrons. The summed E-state index contributed by atoms with van der Waals surface area (Å²) in [7, 11) is 0. The summed E-state index contributed by atoms with van der Waals surface area (Å²) in [5.74, 6) is -0.357. The van der Waals surface area contributed by atoms with E-state index in [2.05, 4.69) is 21.2 Å². The van der Waals surface area contributed by atoms with E-state index >= 15 is 0 Å². The highest BCUT2D eigenvalue weighted by Crippen LogP contribution is 2.29. The molecule has 2 nitrogen and oxygen atoms in total. The number of carbonyl (C=O) groups excluding carboxylic acids is 1. The van der Waals surface area contributed by atoms with E-state index in [1.807, 2.05) is 13.0 Å². The highest BCUT2D eigenvalue weighted by Gasteiger charge is 2.30. The molecule has 0 aromatic heterocycles. The van der Waals surface area contributed by atoms with Crippen molar-refractivity contribution >= 4 is 27.5 Å². The molecule has 2 rings (SSSR count). The van der Waals surface area contributed by atoms with Crippen LogP contribution in [0.15, 0.2) is 46.9 Å². The van der Waals surface area contributed by atoms with Crippen LogP contribution in [0, 0.1) is 6.92 Å². The first-order chi connectivity index (χ1) is 10.3. The molecule has 0 saturated carbocycles. The summed E-state index contributed by atoms with van der Waals surface area (Å²) in [6.45, 7) is 1.84. The fourth-order valence-electron chi connectivity index (χ4n) is 2.00. The Bertz CT molecular complexity index is 698. The van der Waals surface area contributed by atoms with Crippen LogP contribution in [0.5, 0.6) is 0 Å². The van der Waals surface area contributed by atoms with Crippen LogP contribution in [0.3, 0.4) is 0 Å². The number of hydrogen-bond acceptors (Lipinski definition) is 1. The Morgan fingerprint density at radius 3 is 2.55 bits per heavy atom. The van der Waals surface area contributed by atoms with E-state index in [1.54, 1.807) is 12.1 Å². The van der Waals surface area contributed by atoms with Crippen LogP contribution < -0.4 is 5.32 Å². The lowest BCUT2D eigenvalue weighted by Crippen LogP contribution is -2.15.